The Morgan fingerprint density at radius 1 is 1.24 bits per heavy atom. The summed E-state index contributed by atoms with van der Waals surface area (Å²) >= 11 is 0. The molecular formula is C21H26N6O2. The van der Waals surface area contributed by atoms with Gasteiger partial charge in [0.05, 0.1) is 30.8 Å². The quantitative estimate of drug-likeness (QED) is 0.736. The summed E-state index contributed by atoms with van der Waals surface area (Å²) in [5.41, 5.74) is 4.62. The number of aryl methyl sites for hydroxylation is 2. The maximum atomic E-state index is 12.6. The van der Waals surface area contributed by atoms with Gasteiger partial charge >= 0.3 is 6.03 Å². The van der Waals surface area contributed by atoms with Crippen LogP contribution in [0.25, 0.3) is 11.0 Å². The number of pyridine rings is 1. The van der Waals surface area contributed by atoms with Crippen molar-refractivity contribution in [3.63, 3.8) is 0 Å². The first-order chi connectivity index (χ1) is 14.0. The highest BCUT2D eigenvalue weighted by Crippen LogP contribution is 2.20. The molecule has 0 unspecified atom stereocenters. The first kappa shape index (κ1) is 19.2. The van der Waals surface area contributed by atoms with Gasteiger partial charge in [-0.25, -0.2) is 9.78 Å². The molecule has 0 radical (unpaired) electrons. The van der Waals surface area contributed by atoms with Gasteiger partial charge in [0.1, 0.15) is 0 Å². The van der Waals surface area contributed by atoms with Crippen LogP contribution < -0.4 is 10.2 Å². The maximum absolute atomic E-state index is 12.6. The van der Waals surface area contributed by atoms with E-state index in [1.165, 1.54) is 5.69 Å². The van der Waals surface area contributed by atoms with E-state index in [4.69, 9.17) is 4.74 Å². The molecule has 152 valence electrons. The van der Waals surface area contributed by atoms with Crippen LogP contribution in [-0.2, 0) is 18.3 Å². The van der Waals surface area contributed by atoms with Crippen LogP contribution in [0.2, 0.25) is 0 Å². The van der Waals surface area contributed by atoms with Crippen molar-refractivity contribution in [2.24, 2.45) is 7.05 Å². The molecule has 2 amide bonds. The molecule has 8 nitrogen and oxygen atoms in total. The van der Waals surface area contributed by atoms with Crippen LogP contribution in [0.3, 0.4) is 0 Å². The topological polar surface area (TPSA) is 75.5 Å². The Balaban J connectivity index is 1.38. The van der Waals surface area contributed by atoms with Crippen molar-refractivity contribution >= 4 is 28.4 Å². The third kappa shape index (κ3) is 4.17. The summed E-state index contributed by atoms with van der Waals surface area (Å²) in [7, 11) is 3.64. The summed E-state index contributed by atoms with van der Waals surface area (Å²) in [6, 6.07) is 10.1. The summed E-state index contributed by atoms with van der Waals surface area (Å²) in [6.45, 7) is 5.82. The van der Waals surface area contributed by atoms with Crippen molar-refractivity contribution in [1.82, 2.24) is 19.7 Å². The highest BCUT2D eigenvalue weighted by atomic mass is 16.5. The van der Waals surface area contributed by atoms with E-state index in [-0.39, 0.29) is 6.03 Å². The van der Waals surface area contributed by atoms with Crippen molar-refractivity contribution in [1.29, 1.82) is 0 Å². The van der Waals surface area contributed by atoms with Crippen LogP contribution in [0.4, 0.5) is 16.2 Å². The van der Waals surface area contributed by atoms with E-state index >= 15 is 0 Å². The van der Waals surface area contributed by atoms with Gasteiger partial charge in [0.2, 0.25) is 0 Å². The molecule has 0 saturated carbocycles. The van der Waals surface area contributed by atoms with Crippen LogP contribution in [0.5, 0.6) is 0 Å². The van der Waals surface area contributed by atoms with Gasteiger partial charge < -0.3 is 19.9 Å². The number of morpholine rings is 1. The van der Waals surface area contributed by atoms with E-state index in [9.17, 15) is 4.79 Å². The zero-order valence-electron chi connectivity index (χ0n) is 17.1. The van der Waals surface area contributed by atoms with Gasteiger partial charge in [-0.15, -0.1) is 0 Å². The number of hydrogen-bond donors (Lipinski definition) is 1. The third-order valence-corrected chi connectivity index (χ3v) is 5.19. The lowest BCUT2D eigenvalue weighted by Crippen LogP contribution is -2.36. The number of carbonyl (C=O) groups is 1. The average Bonchev–Trinajstić information content (AvgIpc) is 3.02. The molecule has 0 spiro atoms. The predicted octanol–water partition coefficient (Wildman–Crippen LogP) is 2.78. The van der Waals surface area contributed by atoms with Crippen molar-refractivity contribution in [3.05, 3.63) is 47.8 Å². The molecule has 29 heavy (non-hydrogen) atoms. The minimum Gasteiger partial charge on any atom is -0.378 e. The number of rotatable bonds is 4. The number of carbonyl (C=O) groups excluding carboxylic acids is 1. The highest BCUT2D eigenvalue weighted by molar-refractivity contribution is 5.91. The second-order valence-electron chi connectivity index (χ2n) is 7.36. The Morgan fingerprint density at radius 3 is 2.69 bits per heavy atom. The lowest BCUT2D eigenvalue weighted by molar-refractivity contribution is 0.122. The van der Waals surface area contributed by atoms with E-state index < -0.39 is 0 Å². The first-order valence-corrected chi connectivity index (χ1v) is 9.74. The van der Waals surface area contributed by atoms with Gasteiger partial charge in [0.15, 0.2) is 5.65 Å². The zero-order chi connectivity index (χ0) is 20.4. The summed E-state index contributed by atoms with van der Waals surface area (Å²) in [5, 5.41) is 8.22. The van der Waals surface area contributed by atoms with E-state index in [0.717, 1.165) is 48.6 Å². The molecule has 0 atom stereocenters. The molecule has 0 aliphatic carbocycles. The minimum atomic E-state index is -0.176. The molecule has 4 rings (SSSR count). The second-order valence-corrected chi connectivity index (χ2v) is 7.36. The van der Waals surface area contributed by atoms with Gasteiger partial charge in [-0.3, -0.25) is 4.68 Å². The fourth-order valence-corrected chi connectivity index (χ4v) is 3.57. The largest absolute Gasteiger partial charge is 0.378 e. The van der Waals surface area contributed by atoms with Crippen LogP contribution in [0.15, 0.2) is 36.5 Å². The van der Waals surface area contributed by atoms with Crippen molar-refractivity contribution in [3.8, 4) is 0 Å². The number of nitrogens with zero attached hydrogens (tertiary/aromatic N) is 5. The summed E-state index contributed by atoms with van der Waals surface area (Å²) in [4.78, 5) is 21.0. The highest BCUT2D eigenvalue weighted by Gasteiger charge is 2.14. The second kappa shape index (κ2) is 8.08. The SMILES string of the molecule is Cc1nn(C)c2ncc(NC(=O)N(C)Cc3ccc(N4CCOCC4)cc3)cc12. The monoisotopic (exact) mass is 394 g/mol. The molecule has 1 aliphatic rings. The normalized spacial score (nSPS) is 14.2. The predicted molar refractivity (Wildman–Crippen MR) is 113 cm³/mol. The molecule has 2 aromatic heterocycles. The summed E-state index contributed by atoms with van der Waals surface area (Å²) in [6.07, 6.45) is 1.66. The first-order valence-electron chi connectivity index (χ1n) is 9.74. The van der Waals surface area contributed by atoms with Crippen molar-refractivity contribution in [2.45, 2.75) is 13.5 Å². The Hall–Kier alpha value is -3.13. The average molecular weight is 394 g/mol. The fraction of sp³-hybridized carbons (Fsp3) is 0.381. The zero-order valence-corrected chi connectivity index (χ0v) is 17.1. The Labute approximate surface area is 170 Å². The van der Waals surface area contributed by atoms with Crippen molar-refractivity contribution < 1.29 is 9.53 Å². The molecule has 3 heterocycles. The fourth-order valence-electron chi connectivity index (χ4n) is 3.57. The Bertz CT molecular complexity index is 1010. The molecule has 1 fully saturated rings. The molecule has 1 aliphatic heterocycles. The molecule has 1 N–H and O–H groups in total. The number of anilines is 2. The van der Waals surface area contributed by atoms with Crippen LogP contribution >= 0.6 is 0 Å². The summed E-state index contributed by atoms with van der Waals surface area (Å²) in [5.74, 6) is 0. The van der Waals surface area contributed by atoms with Crippen molar-refractivity contribution in [2.75, 3.05) is 43.6 Å². The van der Waals surface area contributed by atoms with Gasteiger partial charge in [-0.05, 0) is 30.7 Å². The van der Waals surface area contributed by atoms with Crippen LogP contribution in [0.1, 0.15) is 11.3 Å². The standard InChI is InChI=1S/C21H26N6O2/c1-15-19-12-17(13-22-20(19)26(3)24-15)23-21(28)25(2)14-16-4-6-18(7-5-16)27-8-10-29-11-9-27/h4-7,12-13H,8-11,14H2,1-3H3,(H,23,28). The van der Waals surface area contributed by atoms with Crippen LogP contribution in [0, 0.1) is 6.92 Å². The smallest absolute Gasteiger partial charge is 0.321 e. The number of benzene rings is 1. The number of urea groups is 1. The number of aromatic nitrogens is 3. The van der Waals surface area contributed by atoms with Gasteiger partial charge in [-0.1, -0.05) is 12.1 Å². The van der Waals surface area contributed by atoms with Gasteiger partial charge in [0, 0.05) is 44.8 Å². The van der Waals surface area contributed by atoms with Gasteiger partial charge in [-0.2, -0.15) is 5.10 Å². The third-order valence-electron chi connectivity index (χ3n) is 5.19. The van der Waals surface area contributed by atoms with E-state index in [0.29, 0.717) is 12.2 Å². The number of nitrogens with one attached hydrogen (secondary N) is 1. The van der Waals surface area contributed by atoms with Gasteiger partial charge in [0.25, 0.3) is 0 Å². The molecule has 1 aromatic carbocycles. The maximum Gasteiger partial charge on any atom is 0.321 e. The Kier molecular flexibility index (Phi) is 5.35. The number of ether oxygens (including phenoxy) is 1. The minimum absolute atomic E-state index is 0.176. The molecule has 3 aromatic rings. The lowest BCUT2D eigenvalue weighted by atomic mass is 10.2. The summed E-state index contributed by atoms with van der Waals surface area (Å²) < 4.78 is 7.14. The van der Waals surface area contributed by atoms with E-state index in [1.807, 2.05) is 20.0 Å². The number of fused-ring (bicyclic) bond motifs is 1. The number of amides is 2. The molecule has 0 bridgehead atoms. The molecular weight excluding hydrogens is 368 g/mol. The van der Waals surface area contributed by atoms with Crippen LogP contribution in [-0.4, -0.2) is 59.0 Å². The van der Waals surface area contributed by atoms with E-state index in [2.05, 4.69) is 44.6 Å². The number of hydrogen-bond acceptors (Lipinski definition) is 5. The van der Waals surface area contributed by atoms with E-state index in [1.54, 1.807) is 22.8 Å². The lowest BCUT2D eigenvalue weighted by Gasteiger charge is -2.29. The molecule has 8 heteroatoms. The molecule has 1 saturated heterocycles. The Morgan fingerprint density at radius 2 is 1.97 bits per heavy atom.